The quantitative estimate of drug-likeness (QED) is 0.629. The van der Waals surface area contributed by atoms with Gasteiger partial charge in [0.05, 0.1) is 0 Å². The summed E-state index contributed by atoms with van der Waals surface area (Å²) in [7, 11) is 1.57. The fraction of sp³-hybridized carbons (Fsp3) is 0.400. The third kappa shape index (κ3) is 6.56. The molecule has 1 aromatic carbocycles. The van der Waals surface area contributed by atoms with E-state index < -0.39 is 5.97 Å². The van der Waals surface area contributed by atoms with Crippen LogP contribution >= 0.6 is 0 Å². The van der Waals surface area contributed by atoms with Gasteiger partial charge >= 0.3 is 5.97 Å². The molecule has 1 rings (SSSR count). The average molecular weight is 292 g/mol. The zero-order valence-corrected chi connectivity index (χ0v) is 12.0. The van der Waals surface area contributed by atoms with Crippen LogP contribution in [0.4, 0.5) is 0 Å². The summed E-state index contributed by atoms with van der Waals surface area (Å²) in [5.74, 6) is -1.09. The maximum atomic E-state index is 11.6. The van der Waals surface area contributed by atoms with Crippen molar-refractivity contribution < 1.29 is 19.5 Å². The molecule has 0 saturated heterocycles. The highest BCUT2D eigenvalue weighted by Crippen LogP contribution is 2.05. The molecule has 0 heterocycles. The largest absolute Gasteiger partial charge is 0.481 e. The number of hydrogen-bond donors (Lipinski definition) is 3. The lowest BCUT2D eigenvalue weighted by atomic mass is 10.1. The number of hydrogen-bond acceptors (Lipinski definition) is 3. The number of rotatable bonds is 8. The lowest BCUT2D eigenvalue weighted by Crippen LogP contribution is -2.22. The summed E-state index contributed by atoms with van der Waals surface area (Å²) in [4.78, 5) is 33.2. The van der Waals surface area contributed by atoms with Crippen LogP contribution in [0.25, 0.3) is 0 Å². The number of benzene rings is 1. The van der Waals surface area contributed by atoms with Crippen LogP contribution in [0.1, 0.15) is 41.6 Å². The van der Waals surface area contributed by atoms with Crippen molar-refractivity contribution in [3.05, 3.63) is 35.4 Å². The van der Waals surface area contributed by atoms with Crippen LogP contribution in [0.3, 0.4) is 0 Å². The Bertz CT molecular complexity index is 497. The topological polar surface area (TPSA) is 95.5 Å². The molecule has 6 nitrogen and oxygen atoms in total. The van der Waals surface area contributed by atoms with E-state index in [4.69, 9.17) is 5.11 Å². The van der Waals surface area contributed by atoms with E-state index in [0.717, 1.165) is 5.56 Å². The van der Waals surface area contributed by atoms with Crippen LogP contribution in [0.2, 0.25) is 0 Å². The van der Waals surface area contributed by atoms with Crippen LogP contribution in [-0.2, 0) is 16.1 Å². The second-order valence-electron chi connectivity index (χ2n) is 4.65. The Kier molecular flexibility index (Phi) is 6.94. The van der Waals surface area contributed by atoms with Gasteiger partial charge in [0, 0.05) is 32.0 Å². The lowest BCUT2D eigenvalue weighted by Gasteiger charge is -2.06. The molecule has 6 heteroatoms. The van der Waals surface area contributed by atoms with Gasteiger partial charge in [-0.3, -0.25) is 14.4 Å². The minimum atomic E-state index is -0.841. The van der Waals surface area contributed by atoms with Gasteiger partial charge in [-0.25, -0.2) is 0 Å². The van der Waals surface area contributed by atoms with E-state index in [9.17, 15) is 14.4 Å². The number of unbranched alkanes of at least 4 members (excludes halogenated alkanes) is 1. The molecule has 2 amide bonds. The zero-order chi connectivity index (χ0) is 15.7. The van der Waals surface area contributed by atoms with Crippen LogP contribution in [-0.4, -0.2) is 29.9 Å². The van der Waals surface area contributed by atoms with Gasteiger partial charge in [0.2, 0.25) is 5.91 Å². The summed E-state index contributed by atoms with van der Waals surface area (Å²) >= 11 is 0. The number of amides is 2. The Morgan fingerprint density at radius 3 is 2.24 bits per heavy atom. The van der Waals surface area contributed by atoms with Crippen molar-refractivity contribution in [1.29, 1.82) is 0 Å². The third-order valence-electron chi connectivity index (χ3n) is 2.98. The first kappa shape index (κ1) is 16.7. The Morgan fingerprint density at radius 1 is 1.05 bits per heavy atom. The van der Waals surface area contributed by atoms with Crippen molar-refractivity contribution in [3.63, 3.8) is 0 Å². The van der Waals surface area contributed by atoms with E-state index in [1.54, 1.807) is 31.3 Å². The second kappa shape index (κ2) is 8.73. The highest BCUT2D eigenvalue weighted by Gasteiger charge is 2.05. The first-order valence-corrected chi connectivity index (χ1v) is 6.82. The van der Waals surface area contributed by atoms with Crippen LogP contribution in [0, 0.1) is 0 Å². The van der Waals surface area contributed by atoms with E-state index in [1.165, 1.54) is 0 Å². The molecule has 0 radical (unpaired) electrons. The minimum absolute atomic E-state index is 0.0915. The molecule has 0 bridgehead atoms. The normalized spacial score (nSPS) is 9.95. The molecule has 114 valence electrons. The summed E-state index contributed by atoms with van der Waals surface area (Å²) in [6, 6.07) is 6.98. The predicted molar refractivity (Wildman–Crippen MR) is 77.8 cm³/mol. The number of nitrogens with one attached hydrogen (secondary N) is 2. The molecule has 21 heavy (non-hydrogen) atoms. The maximum Gasteiger partial charge on any atom is 0.303 e. The summed E-state index contributed by atoms with van der Waals surface area (Å²) in [5.41, 5.74) is 1.47. The van der Waals surface area contributed by atoms with Gasteiger partial charge in [0.25, 0.3) is 5.91 Å². The number of carbonyl (C=O) groups excluding carboxylic acids is 2. The molecule has 0 fully saturated rings. The smallest absolute Gasteiger partial charge is 0.303 e. The number of carbonyl (C=O) groups is 3. The van der Waals surface area contributed by atoms with Crippen molar-refractivity contribution in [3.8, 4) is 0 Å². The Labute approximate surface area is 123 Å². The van der Waals surface area contributed by atoms with E-state index in [-0.39, 0.29) is 18.2 Å². The average Bonchev–Trinajstić information content (AvgIpc) is 2.49. The molecule has 3 N–H and O–H groups in total. The Balaban J connectivity index is 2.29. The Hall–Kier alpha value is -2.37. The number of aliphatic carboxylic acids is 1. The molecule has 0 saturated carbocycles. The lowest BCUT2D eigenvalue weighted by molar-refractivity contribution is -0.137. The van der Waals surface area contributed by atoms with Crippen molar-refractivity contribution in [1.82, 2.24) is 10.6 Å². The molecule has 0 aliphatic carbocycles. The third-order valence-corrected chi connectivity index (χ3v) is 2.98. The molecule has 0 unspecified atom stereocenters. The standard InChI is InChI=1S/C15H20N2O4/c1-16-15(21)12-8-6-11(7-9-12)10-17-13(18)4-2-3-5-14(19)20/h6-9H,2-5,10H2,1H3,(H,16,21)(H,17,18)(H,19,20). The zero-order valence-electron chi connectivity index (χ0n) is 12.0. The molecule has 1 aromatic rings. The summed E-state index contributed by atoms with van der Waals surface area (Å²) in [6.07, 6.45) is 1.48. The number of carboxylic acids is 1. The second-order valence-corrected chi connectivity index (χ2v) is 4.65. The van der Waals surface area contributed by atoms with Gasteiger partial charge in [0.1, 0.15) is 0 Å². The van der Waals surface area contributed by atoms with E-state index in [1.807, 2.05) is 0 Å². The summed E-state index contributed by atoms with van der Waals surface area (Å²) in [5, 5.41) is 13.8. The van der Waals surface area contributed by atoms with Gasteiger partial charge in [0.15, 0.2) is 0 Å². The summed E-state index contributed by atoms with van der Waals surface area (Å²) in [6.45, 7) is 0.395. The van der Waals surface area contributed by atoms with E-state index >= 15 is 0 Å². The van der Waals surface area contributed by atoms with Crippen LogP contribution in [0.15, 0.2) is 24.3 Å². The van der Waals surface area contributed by atoms with Crippen molar-refractivity contribution in [2.75, 3.05) is 7.05 Å². The molecular weight excluding hydrogens is 272 g/mol. The fourth-order valence-electron chi connectivity index (χ4n) is 1.77. The highest BCUT2D eigenvalue weighted by molar-refractivity contribution is 5.93. The van der Waals surface area contributed by atoms with Gasteiger partial charge in [-0.2, -0.15) is 0 Å². The van der Waals surface area contributed by atoms with E-state index in [0.29, 0.717) is 31.4 Å². The number of carboxylic acid groups (broad SMARTS) is 1. The predicted octanol–water partition coefficient (Wildman–Crippen LogP) is 1.31. The summed E-state index contributed by atoms with van der Waals surface area (Å²) < 4.78 is 0. The molecule has 0 spiro atoms. The monoisotopic (exact) mass is 292 g/mol. The van der Waals surface area contributed by atoms with Gasteiger partial charge in [-0.05, 0) is 30.5 Å². The molecule has 0 aliphatic heterocycles. The molecule has 0 aromatic heterocycles. The van der Waals surface area contributed by atoms with Crippen molar-refractivity contribution >= 4 is 17.8 Å². The molecular formula is C15H20N2O4. The van der Waals surface area contributed by atoms with Crippen LogP contribution < -0.4 is 10.6 Å². The molecule has 0 aliphatic rings. The highest BCUT2D eigenvalue weighted by atomic mass is 16.4. The first-order chi connectivity index (χ1) is 10.0. The Morgan fingerprint density at radius 2 is 1.67 bits per heavy atom. The maximum absolute atomic E-state index is 11.6. The van der Waals surface area contributed by atoms with Crippen molar-refractivity contribution in [2.45, 2.75) is 32.2 Å². The van der Waals surface area contributed by atoms with Gasteiger partial charge in [-0.1, -0.05) is 12.1 Å². The van der Waals surface area contributed by atoms with Crippen molar-refractivity contribution in [2.24, 2.45) is 0 Å². The van der Waals surface area contributed by atoms with Gasteiger partial charge < -0.3 is 15.7 Å². The van der Waals surface area contributed by atoms with E-state index in [2.05, 4.69) is 10.6 Å². The molecule has 0 atom stereocenters. The first-order valence-electron chi connectivity index (χ1n) is 6.82. The fourth-order valence-corrected chi connectivity index (χ4v) is 1.77. The minimum Gasteiger partial charge on any atom is -0.481 e. The SMILES string of the molecule is CNC(=O)c1ccc(CNC(=O)CCCCC(=O)O)cc1. The van der Waals surface area contributed by atoms with Gasteiger partial charge in [-0.15, -0.1) is 0 Å². The van der Waals surface area contributed by atoms with Crippen LogP contribution in [0.5, 0.6) is 0 Å².